The number of rotatable bonds is 5. The molecule has 1 N–H and O–H groups in total. The fourth-order valence-electron chi connectivity index (χ4n) is 1.17. The van der Waals surface area contributed by atoms with Gasteiger partial charge in [0.2, 0.25) is 5.91 Å². The molecule has 0 aliphatic heterocycles. The number of nitrogens with zero attached hydrogens (tertiary/aromatic N) is 3. The molecule has 0 aromatic carbocycles. The number of aryl methyl sites for hydroxylation is 2. The van der Waals surface area contributed by atoms with Gasteiger partial charge in [0, 0.05) is 11.1 Å². The zero-order valence-electron chi connectivity index (χ0n) is 9.97. The normalized spacial score (nSPS) is 10.6. The second-order valence-electron chi connectivity index (χ2n) is 3.60. The van der Waals surface area contributed by atoms with E-state index in [1.807, 2.05) is 19.2 Å². The van der Waals surface area contributed by atoms with Crippen LogP contribution in [0.15, 0.2) is 9.72 Å². The molecule has 2 heterocycles. The molecule has 0 bridgehead atoms. The maximum Gasteiger partial charge on any atom is 0.230 e. The van der Waals surface area contributed by atoms with E-state index in [0.717, 1.165) is 20.6 Å². The van der Waals surface area contributed by atoms with Crippen LogP contribution in [0.2, 0.25) is 0 Å². The van der Waals surface area contributed by atoms with Gasteiger partial charge in [-0.3, -0.25) is 4.79 Å². The van der Waals surface area contributed by atoms with Gasteiger partial charge in [0.1, 0.15) is 0 Å². The third kappa shape index (κ3) is 3.76. The van der Waals surface area contributed by atoms with Crippen LogP contribution in [-0.4, -0.2) is 26.2 Å². The van der Waals surface area contributed by atoms with Crippen LogP contribution < -0.4 is 5.32 Å². The Morgan fingerprint density at radius 3 is 2.94 bits per heavy atom. The number of thioether (sulfide) groups is 1. The monoisotopic (exact) mass is 300 g/mol. The van der Waals surface area contributed by atoms with Crippen molar-refractivity contribution in [3.8, 4) is 0 Å². The highest BCUT2D eigenvalue weighted by molar-refractivity contribution is 8.01. The van der Waals surface area contributed by atoms with Gasteiger partial charge in [0.05, 0.1) is 22.9 Å². The van der Waals surface area contributed by atoms with E-state index in [0.29, 0.717) is 12.3 Å². The molecule has 18 heavy (non-hydrogen) atoms. The van der Waals surface area contributed by atoms with E-state index in [2.05, 4.69) is 19.9 Å². The predicted octanol–water partition coefficient (Wildman–Crippen LogP) is 2.02. The number of carbonyl (C=O) groups is 1. The summed E-state index contributed by atoms with van der Waals surface area (Å²) in [6.45, 7) is 4.33. The Hall–Kier alpha value is -0.990. The summed E-state index contributed by atoms with van der Waals surface area (Å²) in [5, 5.41) is 8.72. The lowest BCUT2D eigenvalue weighted by Gasteiger charge is -2.02. The largest absolute Gasteiger partial charge is 0.350 e. The summed E-state index contributed by atoms with van der Waals surface area (Å²) in [6, 6.07) is 0. The van der Waals surface area contributed by atoms with Gasteiger partial charge in [0.15, 0.2) is 4.34 Å². The Labute approximate surface area is 117 Å². The van der Waals surface area contributed by atoms with Crippen molar-refractivity contribution in [3.63, 3.8) is 0 Å². The smallest absolute Gasteiger partial charge is 0.230 e. The SMILES string of the molecule is Cc1csc(SCC(=O)NCc2snnc2C)n1. The number of hydrogen-bond acceptors (Lipinski definition) is 7. The summed E-state index contributed by atoms with van der Waals surface area (Å²) in [4.78, 5) is 16.9. The standard InChI is InChI=1S/C10H12N4OS3/c1-6-4-16-10(12-6)17-5-9(15)11-3-8-7(2)13-14-18-8/h4H,3,5H2,1-2H3,(H,11,15). The van der Waals surface area contributed by atoms with Crippen LogP contribution in [0.5, 0.6) is 0 Å². The maximum absolute atomic E-state index is 11.6. The van der Waals surface area contributed by atoms with E-state index in [4.69, 9.17) is 0 Å². The van der Waals surface area contributed by atoms with Crippen molar-refractivity contribution in [2.45, 2.75) is 24.7 Å². The molecule has 0 aliphatic carbocycles. The predicted molar refractivity (Wildman–Crippen MR) is 74.1 cm³/mol. The molecule has 0 aliphatic rings. The Morgan fingerprint density at radius 1 is 1.50 bits per heavy atom. The van der Waals surface area contributed by atoms with E-state index in [9.17, 15) is 4.79 Å². The van der Waals surface area contributed by atoms with Crippen LogP contribution in [0.3, 0.4) is 0 Å². The van der Waals surface area contributed by atoms with Gasteiger partial charge >= 0.3 is 0 Å². The minimum absolute atomic E-state index is 0.000605. The number of aromatic nitrogens is 3. The fourth-order valence-corrected chi connectivity index (χ4v) is 3.42. The first-order chi connectivity index (χ1) is 8.65. The average Bonchev–Trinajstić information content (AvgIpc) is 2.93. The lowest BCUT2D eigenvalue weighted by molar-refractivity contribution is -0.118. The lowest BCUT2D eigenvalue weighted by Crippen LogP contribution is -2.24. The first-order valence-electron chi connectivity index (χ1n) is 5.24. The van der Waals surface area contributed by atoms with E-state index in [1.165, 1.54) is 23.3 Å². The van der Waals surface area contributed by atoms with Crippen LogP contribution in [0.1, 0.15) is 16.3 Å². The average molecular weight is 300 g/mol. The first kappa shape index (κ1) is 13.4. The van der Waals surface area contributed by atoms with Gasteiger partial charge in [-0.15, -0.1) is 16.4 Å². The number of nitrogens with one attached hydrogen (secondary N) is 1. The van der Waals surface area contributed by atoms with Crippen molar-refractivity contribution in [1.82, 2.24) is 19.9 Å². The van der Waals surface area contributed by atoms with E-state index < -0.39 is 0 Å². The van der Waals surface area contributed by atoms with E-state index in [-0.39, 0.29) is 5.91 Å². The number of hydrogen-bond donors (Lipinski definition) is 1. The molecule has 2 aromatic heterocycles. The zero-order valence-corrected chi connectivity index (χ0v) is 12.4. The molecule has 0 spiro atoms. The van der Waals surface area contributed by atoms with Gasteiger partial charge in [-0.05, 0) is 25.4 Å². The molecule has 0 radical (unpaired) electrons. The molecule has 0 fully saturated rings. The molecule has 2 aromatic rings. The van der Waals surface area contributed by atoms with Crippen molar-refractivity contribution in [2.75, 3.05) is 5.75 Å². The minimum Gasteiger partial charge on any atom is -0.350 e. The molecule has 0 saturated heterocycles. The molecule has 96 valence electrons. The van der Waals surface area contributed by atoms with Crippen molar-refractivity contribution in [3.05, 3.63) is 21.6 Å². The summed E-state index contributed by atoms with van der Waals surface area (Å²) in [6.07, 6.45) is 0. The summed E-state index contributed by atoms with van der Waals surface area (Å²) in [5.74, 6) is 0.388. The van der Waals surface area contributed by atoms with Crippen molar-refractivity contribution < 1.29 is 4.79 Å². The molecule has 1 amide bonds. The lowest BCUT2D eigenvalue weighted by atomic mass is 10.4. The fraction of sp³-hybridized carbons (Fsp3) is 0.400. The van der Waals surface area contributed by atoms with Gasteiger partial charge in [0.25, 0.3) is 0 Å². The maximum atomic E-state index is 11.6. The summed E-state index contributed by atoms with van der Waals surface area (Å²) in [7, 11) is 0. The van der Waals surface area contributed by atoms with Crippen molar-refractivity contribution in [2.24, 2.45) is 0 Å². The Balaban J connectivity index is 1.74. The summed E-state index contributed by atoms with van der Waals surface area (Å²) in [5.41, 5.74) is 1.87. The second kappa shape index (κ2) is 6.26. The molecular weight excluding hydrogens is 288 g/mol. The highest BCUT2D eigenvalue weighted by Gasteiger charge is 2.07. The molecular formula is C10H12N4OS3. The zero-order chi connectivity index (χ0) is 13.0. The number of carbonyl (C=O) groups excluding carboxylic acids is 1. The molecule has 0 unspecified atom stereocenters. The quantitative estimate of drug-likeness (QED) is 0.856. The summed E-state index contributed by atoms with van der Waals surface area (Å²) < 4.78 is 4.75. The highest BCUT2D eigenvalue weighted by atomic mass is 32.2. The number of thiazole rings is 1. The molecule has 8 heteroatoms. The Bertz CT molecular complexity index is 537. The van der Waals surface area contributed by atoms with Crippen LogP contribution in [0.25, 0.3) is 0 Å². The van der Waals surface area contributed by atoms with Crippen LogP contribution in [0, 0.1) is 13.8 Å². The molecule has 0 atom stereocenters. The highest BCUT2D eigenvalue weighted by Crippen LogP contribution is 2.21. The minimum atomic E-state index is 0.000605. The molecule has 2 rings (SSSR count). The van der Waals surface area contributed by atoms with Crippen molar-refractivity contribution in [1.29, 1.82) is 0 Å². The molecule has 5 nitrogen and oxygen atoms in total. The van der Waals surface area contributed by atoms with E-state index >= 15 is 0 Å². The van der Waals surface area contributed by atoms with Gasteiger partial charge < -0.3 is 5.32 Å². The third-order valence-corrected chi connectivity index (χ3v) is 5.08. The van der Waals surface area contributed by atoms with Crippen LogP contribution >= 0.6 is 34.6 Å². The number of amides is 1. The second-order valence-corrected chi connectivity index (χ2v) is 6.52. The van der Waals surface area contributed by atoms with Gasteiger partial charge in [-0.25, -0.2) is 4.98 Å². The van der Waals surface area contributed by atoms with Crippen LogP contribution in [0.4, 0.5) is 0 Å². The van der Waals surface area contributed by atoms with Gasteiger partial charge in [-0.2, -0.15) is 0 Å². The van der Waals surface area contributed by atoms with E-state index in [1.54, 1.807) is 11.3 Å². The van der Waals surface area contributed by atoms with Gasteiger partial charge in [-0.1, -0.05) is 16.3 Å². The Morgan fingerprint density at radius 2 is 2.33 bits per heavy atom. The third-order valence-electron chi connectivity index (χ3n) is 2.12. The summed E-state index contributed by atoms with van der Waals surface area (Å²) >= 11 is 4.34. The van der Waals surface area contributed by atoms with Crippen LogP contribution in [-0.2, 0) is 11.3 Å². The Kier molecular flexibility index (Phi) is 4.67. The molecule has 0 saturated carbocycles. The topological polar surface area (TPSA) is 67.8 Å². The first-order valence-corrected chi connectivity index (χ1v) is 7.88. The van der Waals surface area contributed by atoms with Crippen molar-refractivity contribution >= 4 is 40.5 Å².